The van der Waals surface area contributed by atoms with Crippen molar-refractivity contribution in [2.24, 2.45) is 4.99 Å². The lowest BCUT2D eigenvalue weighted by molar-refractivity contribution is -0.380. The molecule has 27 heavy (non-hydrogen) atoms. The number of nitrogens with zero attached hydrogens (tertiary/aromatic N) is 1. The van der Waals surface area contributed by atoms with Crippen molar-refractivity contribution < 1.29 is 19.0 Å². The van der Waals surface area contributed by atoms with Gasteiger partial charge in [-0.15, -0.1) is 0 Å². The van der Waals surface area contributed by atoms with Gasteiger partial charge in [0, 0.05) is 26.2 Å². The van der Waals surface area contributed by atoms with Gasteiger partial charge in [0.05, 0.1) is 6.54 Å². The quantitative estimate of drug-likeness (QED) is 0.103. The van der Waals surface area contributed by atoms with E-state index in [2.05, 4.69) is 4.99 Å². The lowest BCUT2D eigenvalue weighted by Gasteiger charge is -2.32. The summed E-state index contributed by atoms with van der Waals surface area (Å²) in [5, 5.41) is 0. The maximum Gasteiger partial charge on any atom is 0.282 e. The Morgan fingerprint density at radius 3 is 1.37 bits per heavy atom. The fourth-order valence-corrected chi connectivity index (χ4v) is 3.35. The first-order chi connectivity index (χ1) is 13.2. The molecule has 0 saturated carbocycles. The van der Waals surface area contributed by atoms with Crippen molar-refractivity contribution in [3.05, 3.63) is 0 Å². The smallest absolute Gasteiger partial charge is 0.282 e. The van der Waals surface area contributed by atoms with Crippen molar-refractivity contribution in [2.45, 2.75) is 110 Å². The van der Waals surface area contributed by atoms with Crippen LogP contribution in [0.5, 0.6) is 0 Å². The molecule has 0 N–H and O–H groups in total. The normalized spacial score (nSPS) is 11.5. The molecule has 0 aromatic carbocycles. The van der Waals surface area contributed by atoms with E-state index in [0.29, 0.717) is 26.4 Å². The third-order valence-electron chi connectivity index (χ3n) is 4.66. The summed E-state index contributed by atoms with van der Waals surface area (Å²) < 4.78 is 17.3. The van der Waals surface area contributed by atoms with Gasteiger partial charge in [0.2, 0.25) is 6.08 Å². The Labute approximate surface area is 167 Å². The molecule has 0 unspecified atom stereocenters. The summed E-state index contributed by atoms with van der Waals surface area (Å²) in [5.74, 6) is -0.835. The van der Waals surface area contributed by atoms with Crippen LogP contribution < -0.4 is 0 Å². The van der Waals surface area contributed by atoms with E-state index in [4.69, 9.17) is 14.2 Å². The number of unbranched alkanes of at least 4 members (excludes halogenated alkanes) is 11. The van der Waals surface area contributed by atoms with E-state index < -0.39 is 5.97 Å². The molecule has 0 bridgehead atoms. The fraction of sp³-hybridized carbons (Fsp3) is 0.955. The second-order valence-electron chi connectivity index (χ2n) is 6.95. The van der Waals surface area contributed by atoms with E-state index in [1.165, 1.54) is 64.2 Å². The van der Waals surface area contributed by atoms with Crippen molar-refractivity contribution >= 4 is 6.08 Å². The predicted molar refractivity (Wildman–Crippen MR) is 111 cm³/mol. The molecule has 0 spiro atoms. The third kappa shape index (κ3) is 16.0. The SMILES string of the molecule is CCOC(CCCCCCCCCCCCCCN=C=O)(OCC)OCC. The fourth-order valence-electron chi connectivity index (χ4n) is 3.35. The molecular formula is C22H43NO4. The molecule has 0 rings (SSSR count). The number of hydrogen-bond acceptors (Lipinski definition) is 5. The van der Waals surface area contributed by atoms with E-state index >= 15 is 0 Å². The minimum Gasteiger partial charge on any atom is -0.328 e. The summed E-state index contributed by atoms with van der Waals surface area (Å²) in [5.41, 5.74) is 0. The van der Waals surface area contributed by atoms with Crippen molar-refractivity contribution in [1.82, 2.24) is 0 Å². The maximum atomic E-state index is 9.94. The Bertz CT molecular complexity index is 339. The number of rotatable bonds is 21. The number of ether oxygens (including phenoxy) is 3. The Balaban J connectivity index is 3.53. The van der Waals surface area contributed by atoms with E-state index in [1.54, 1.807) is 6.08 Å². The summed E-state index contributed by atoms with van der Waals surface area (Å²) >= 11 is 0. The number of aliphatic imine (C=N–C) groups is 1. The van der Waals surface area contributed by atoms with Crippen LogP contribution >= 0.6 is 0 Å². The zero-order valence-electron chi connectivity index (χ0n) is 18.1. The maximum absolute atomic E-state index is 9.94. The zero-order valence-corrected chi connectivity index (χ0v) is 18.1. The largest absolute Gasteiger partial charge is 0.328 e. The molecule has 0 aliphatic carbocycles. The topological polar surface area (TPSA) is 57.1 Å². The Hall–Kier alpha value is -0.740. The van der Waals surface area contributed by atoms with Gasteiger partial charge in [0.1, 0.15) is 0 Å². The van der Waals surface area contributed by atoms with Gasteiger partial charge in [-0.05, 0) is 33.6 Å². The molecule has 5 heteroatoms. The van der Waals surface area contributed by atoms with Crippen molar-refractivity contribution in [3.8, 4) is 0 Å². The van der Waals surface area contributed by atoms with Gasteiger partial charge >= 0.3 is 0 Å². The molecule has 0 amide bonds. The van der Waals surface area contributed by atoms with Gasteiger partial charge in [-0.25, -0.2) is 9.79 Å². The third-order valence-corrected chi connectivity index (χ3v) is 4.66. The van der Waals surface area contributed by atoms with Crippen molar-refractivity contribution in [1.29, 1.82) is 0 Å². The standard InChI is InChI=1S/C22H43NO4/c1-4-25-22(26-5-2,27-6-3)19-17-15-13-11-9-7-8-10-12-14-16-18-20-23-21-24/h4-20H2,1-3H3. The molecule has 0 radical (unpaired) electrons. The van der Waals surface area contributed by atoms with E-state index in [9.17, 15) is 4.79 Å². The molecule has 0 aliphatic rings. The van der Waals surface area contributed by atoms with Gasteiger partial charge in [-0.3, -0.25) is 0 Å². The Morgan fingerprint density at radius 2 is 1.00 bits per heavy atom. The van der Waals surface area contributed by atoms with Crippen LogP contribution in [0.25, 0.3) is 0 Å². The van der Waals surface area contributed by atoms with E-state index in [0.717, 1.165) is 19.3 Å². The summed E-state index contributed by atoms with van der Waals surface area (Å²) in [7, 11) is 0. The molecule has 0 saturated heterocycles. The minimum absolute atomic E-state index is 0.604. The van der Waals surface area contributed by atoms with Crippen molar-refractivity contribution in [2.75, 3.05) is 26.4 Å². The second-order valence-corrected chi connectivity index (χ2v) is 6.95. The molecule has 0 heterocycles. The highest BCUT2D eigenvalue weighted by molar-refractivity contribution is 5.32. The molecule has 0 fully saturated rings. The highest BCUT2D eigenvalue weighted by Gasteiger charge is 2.31. The molecule has 160 valence electrons. The van der Waals surface area contributed by atoms with Crippen molar-refractivity contribution in [3.63, 3.8) is 0 Å². The van der Waals surface area contributed by atoms with Crippen LogP contribution in [0, 0.1) is 0 Å². The van der Waals surface area contributed by atoms with Crippen LogP contribution in [0.4, 0.5) is 0 Å². The lowest BCUT2D eigenvalue weighted by Crippen LogP contribution is -2.39. The first kappa shape index (κ1) is 26.3. The Morgan fingerprint density at radius 1 is 0.630 bits per heavy atom. The highest BCUT2D eigenvalue weighted by atomic mass is 16.9. The predicted octanol–water partition coefficient (Wildman–Crippen LogP) is 6.16. The van der Waals surface area contributed by atoms with Gasteiger partial charge in [-0.1, -0.05) is 64.2 Å². The molecule has 0 aliphatic heterocycles. The van der Waals surface area contributed by atoms with Gasteiger partial charge < -0.3 is 14.2 Å². The molecule has 0 aromatic heterocycles. The van der Waals surface area contributed by atoms with Crippen LogP contribution in [0.15, 0.2) is 4.99 Å². The monoisotopic (exact) mass is 385 g/mol. The van der Waals surface area contributed by atoms with Gasteiger partial charge in [0.25, 0.3) is 5.97 Å². The molecule has 0 aromatic rings. The first-order valence-corrected chi connectivity index (χ1v) is 11.2. The average molecular weight is 386 g/mol. The first-order valence-electron chi connectivity index (χ1n) is 11.2. The number of carbonyl (C=O) groups excluding carboxylic acids is 1. The van der Waals surface area contributed by atoms with Crippen LogP contribution in [-0.4, -0.2) is 38.4 Å². The summed E-state index contributed by atoms with van der Waals surface area (Å²) in [6.07, 6.45) is 17.4. The van der Waals surface area contributed by atoms with Gasteiger partial charge in [0.15, 0.2) is 0 Å². The van der Waals surface area contributed by atoms with Crippen LogP contribution in [0.1, 0.15) is 104 Å². The number of hydrogen-bond donors (Lipinski definition) is 0. The zero-order chi connectivity index (χ0) is 20.1. The lowest BCUT2D eigenvalue weighted by atomic mass is 10.0. The van der Waals surface area contributed by atoms with Crippen LogP contribution in [0.2, 0.25) is 0 Å². The van der Waals surface area contributed by atoms with Crippen LogP contribution in [-0.2, 0) is 19.0 Å². The summed E-state index contributed by atoms with van der Waals surface area (Å²) in [6.45, 7) is 8.40. The minimum atomic E-state index is -0.835. The number of isocyanates is 1. The highest BCUT2D eigenvalue weighted by Crippen LogP contribution is 2.24. The summed E-state index contributed by atoms with van der Waals surface area (Å²) in [4.78, 5) is 13.5. The second kappa shape index (κ2) is 20.0. The molecule has 0 atom stereocenters. The van der Waals surface area contributed by atoms with Gasteiger partial charge in [-0.2, -0.15) is 0 Å². The average Bonchev–Trinajstić information content (AvgIpc) is 2.65. The summed E-state index contributed by atoms with van der Waals surface area (Å²) in [6, 6.07) is 0. The van der Waals surface area contributed by atoms with Crippen LogP contribution in [0.3, 0.4) is 0 Å². The molecule has 5 nitrogen and oxygen atoms in total. The van der Waals surface area contributed by atoms with E-state index in [-0.39, 0.29) is 0 Å². The van der Waals surface area contributed by atoms with E-state index in [1.807, 2.05) is 20.8 Å². The Kier molecular flexibility index (Phi) is 19.5. The molecular weight excluding hydrogens is 342 g/mol.